The van der Waals surface area contributed by atoms with E-state index in [-0.39, 0.29) is 0 Å². The van der Waals surface area contributed by atoms with E-state index >= 15 is 0 Å². The van der Waals surface area contributed by atoms with E-state index in [0.29, 0.717) is 6.04 Å². The van der Waals surface area contributed by atoms with Gasteiger partial charge in [-0.15, -0.1) is 0 Å². The Morgan fingerprint density at radius 2 is 2.38 bits per heavy atom. The molecule has 2 N–H and O–H groups in total. The van der Waals surface area contributed by atoms with Crippen molar-refractivity contribution in [2.24, 2.45) is 5.73 Å². The van der Waals surface area contributed by atoms with Crippen molar-refractivity contribution in [2.45, 2.75) is 18.9 Å². The molecule has 1 aromatic rings. The average Bonchev–Trinajstić information content (AvgIpc) is 2.19. The minimum Gasteiger partial charge on any atom is -0.355 e. The molecule has 1 aliphatic heterocycles. The van der Waals surface area contributed by atoms with E-state index in [1.54, 1.807) is 0 Å². The van der Waals surface area contributed by atoms with Gasteiger partial charge < -0.3 is 10.6 Å². The van der Waals surface area contributed by atoms with Crippen LogP contribution < -0.4 is 10.6 Å². The number of aromatic nitrogens is 1. The van der Waals surface area contributed by atoms with E-state index in [1.807, 2.05) is 24.4 Å². The molecule has 1 fully saturated rings. The summed E-state index contributed by atoms with van der Waals surface area (Å²) in [5.41, 5.74) is 5.89. The zero-order chi connectivity index (χ0) is 9.10. The van der Waals surface area contributed by atoms with E-state index in [2.05, 4.69) is 9.88 Å². The van der Waals surface area contributed by atoms with Gasteiger partial charge in [-0.1, -0.05) is 6.07 Å². The van der Waals surface area contributed by atoms with Crippen LogP contribution in [0.15, 0.2) is 24.4 Å². The Kier molecular flexibility index (Phi) is 2.45. The van der Waals surface area contributed by atoms with E-state index in [1.165, 1.54) is 6.42 Å². The fraction of sp³-hybridized carbons (Fsp3) is 0.500. The van der Waals surface area contributed by atoms with Gasteiger partial charge in [-0.05, 0) is 25.0 Å². The SMILES string of the molecule is N[C@H]1CCCN(c2ccccn2)C1. The van der Waals surface area contributed by atoms with Crippen LogP contribution in [-0.2, 0) is 0 Å². The molecule has 1 atom stereocenters. The Morgan fingerprint density at radius 1 is 1.46 bits per heavy atom. The van der Waals surface area contributed by atoms with Crippen molar-refractivity contribution < 1.29 is 0 Å². The second-order valence-electron chi connectivity index (χ2n) is 3.54. The third-order valence-corrected chi connectivity index (χ3v) is 2.43. The predicted octanol–water partition coefficient (Wildman–Crippen LogP) is 1.01. The van der Waals surface area contributed by atoms with E-state index < -0.39 is 0 Å². The summed E-state index contributed by atoms with van der Waals surface area (Å²) in [6.45, 7) is 2.03. The third kappa shape index (κ3) is 1.98. The highest BCUT2D eigenvalue weighted by Crippen LogP contribution is 2.15. The van der Waals surface area contributed by atoms with Gasteiger partial charge in [-0.25, -0.2) is 4.98 Å². The van der Waals surface area contributed by atoms with Crippen LogP contribution in [0.3, 0.4) is 0 Å². The number of nitrogens with two attached hydrogens (primary N) is 1. The molecule has 13 heavy (non-hydrogen) atoms. The highest BCUT2D eigenvalue weighted by Gasteiger charge is 2.16. The molecule has 0 radical (unpaired) electrons. The van der Waals surface area contributed by atoms with Crippen molar-refractivity contribution in [2.75, 3.05) is 18.0 Å². The smallest absolute Gasteiger partial charge is 0.128 e. The maximum Gasteiger partial charge on any atom is 0.128 e. The van der Waals surface area contributed by atoms with Crippen molar-refractivity contribution in [3.05, 3.63) is 24.4 Å². The van der Waals surface area contributed by atoms with Gasteiger partial charge in [0, 0.05) is 25.3 Å². The van der Waals surface area contributed by atoms with Crippen LogP contribution in [0.5, 0.6) is 0 Å². The first-order chi connectivity index (χ1) is 6.36. The molecule has 0 amide bonds. The van der Waals surface area contributed by atoms with Gasteiger partial charge in [-0.2, -0.15) is 0 Å². The van der Waals surface area contributed by atoms with Gasteiger partial charge in [-0.3, -0.25) is 0 Å². The third-order valence-electron chi connectivity index (χ3n) is 2.43. The maximum atomic E-state index is 5.89. The van der Waals surface area contributed by atoms with Gasteiger partial charge in [0.25, 0.3) is 0 Å². The molecule has 3 heteroatoms. The first-order valence-corrected chi connectivity index (χ1v) is 4.78. The van der Waals surface area contributed by atoms with E-state index in [0.717, 1.165) is 25.3 Å². The van der Waals surface area contributed by atoms with Crippen molar-refractivity contribution >= 4 is 5.82 Å². The molecular weight excluding hydrogens is 162 g/mol. The van der Waals surface area contributed by atoms with Crippen LogP contribution >= 0.6 is 0 Å². The van der Waals surface area contributed by atoms with Crippen LogP contribution in [0, 0.1) is 0 Å². The summed E-state index contributed by atoms with van der Waals surface area (Å²) in [5, 5.41) is 0. The zero-order valence-electron chi connectivity index (χ0n) is 7.69. The summed E-state index contributed by atoms with van der Waals surface area (Å²) in [4.78, 5) is 6.57. The Morgan fingerprint density at radius 3 is 3.08 bits per heavy atom. The lowest BCUT2D eigenvalue weighted by Gasteiger charge is -2.31. The van der Waals surface area contributed by atoms with Crippen LogP contribution in [0.1, 0.15) is 12.8 Å². The van der Waals surface area contributed by atoms with Gasteiger partial charge in [0.2, 0.25) is 0 Å². The van der Waals surface area contributed by atoms with E-state index in [4.69, 9.17) is 5.73 Å². The molecule has 2 heterocycles. The summed E-state index contributed by atoms with van der Waals surface area (Å²) in [7, 11) is 0. The Labute approximate surface area is 78.6 Å². The molecule has 0 spiro atoms. The van der Waals surface area contributed by atoms with Gasteiger partial charge in [0.05, 0.1) is 0 Å². The summed E-state index contributed by atoms with van der Waals surface area (Å²) < 4.78 is 0. The monoisotopic (exact) mass is 177 g/mol. The number of pyridine rings is 1. The fourth-order valence-electron chi connectivity index (χ4n) is 1.76. The maximum absolute atomic E-state index is 5.89. The molecule has 0 aliphatic carbocycles. The number of nitrogens with zero attached hydrogens (tertiary/aromatic N) is 2. The van der Waals surface area contributed by atoms with Crippen LogP contribution in [0.2, 0.25) is 0 Å². The largest absolute Gasteiger partial charge is 0.355 e. The molecule has 1 aromatic heterocycles. The van der Waals surface area contributed by atoms with Gasteiger partial charge in [0.1, 0.15) is 5.82 Å². The molecular formula is C10H15N3. The van der Waals surface area contributed by atoms with Crippen LogP contribution in [-0.4, -0.2) is 24.1 Å². The quantitative estimate of drug-likeness (QED) is 0.696. The molecule has 0 saturated carbocycles. The van der Waals surface area contributed by atoms with Crippen LogP contribution in [0.25, 0.3) is 0 Å². The Balaban J connectivity index is 2.08. The number of hydrogen-bond acceptors (Lipinski definition) is 3. The lowest BCUT2D eigenvalue weighted by Crippen LogP contribution is -2.43. The zero-order valence-corrected chi connectivity index (χ0v) is 7.69. The van der Waals surface area contributed by atoms with Crippen LogP contribution in [0.4, 0.5) is 5.82 Å². The highest BCUT2D eigenvalue weighted by molar-refractivity contribution is 5.38. The molecule has 2 rings (SSSR count). The molecule has 0 unspecified atom stereocenters. The normalized spacial score (nSPS) is 23.2. The molecule has 0 bridgehead atoms. The molecule has 3 nitrogen and oxygen atoms in total. The molecule has 0 aromatic carbocycles. The highest BCUT2D eigenvalue weighted by atomic mass is 15.2. The summed E-state index contributed by atoms with van der Waals surface area (Å²) in [5.74, 6) is 1.05. The average molecular weight is 177 g/mol. The molecule has 1 aliphatic rings. The second-order valence-corrected chi connectivity index (χ2v) is 3.54. The lowest BCUT2D eigenvalue weighted by molar-refractivity contribution is 0.503. The molecule has 1 saturated heterocycles. The summed E-state index contributed by atoms with van der Waals surface area (Å²) >= 11 is 0. The second kappa shape index (κ2) is 3.75. The number of rotatable bonds is 1. The van der Waals surface area contributed by atoms with Crippen molar-refractivity contribution in [1.29, 1.82) is 0 Å². The predicted molar refractivity (Wildman–Crippen MR) is 53.7 cm³/mol. The van der Waals surface area contributed by atoms with Crippen molar-refractivity contribution in [3.63, 3.8) is 0 Å². The first kappa shape index (κ1) is 8.51. The van der Waals surface area contributed by atoms with Gasteiger partial charge in [0.15, 0.2) is 0 Å². The lowest BCUT2D eigenvalue weighted by atomic mass is 10.1. The van der Waals surface area contributed by atoms with Gasteiger partial charge >= 0.3 is 0 Å². The Bertz CT molecular complexity index is 260. The minimum absolute atomic E-state index is 0.316. The number of hydrogen-bond donors (Lipinski definition) is 1. The van der Waals surface area contributed by atoms with E-state index in [9.17, 15) is 0 Å². The Hall–Kier alpha value is -1.09. The first-order valence-electron chi connectivity index (χ1n) is 4.78. The topological polar surface area (TPSA) is 42.1 Å². The standard InChI is InChI=1S/C10H15N3/c11-9-4-3-7-13(8-9)10-5-1-2-6-12-10/h1-2,5-6,9H,3-4,7-8,11H2/t9-/m0/s1. The van der Waals surface area contributed by atoms with Crippen molar-refractivity contribution in [1.82, 2.24) is 4.98 Å². The minimum atomic E-state index is 0.316. The fourth-order valence-corrected chi connectivity index (χ4v) is 1.76. The number of piperidine rings is 1. The van der Waals surface area contributed by atoms with Crippen molar-refractivity contribution in [3.8, 4) is 0 Å². The summed E-state index contributed by atoms with van der Waals surface area (Å²) in [6, 6.07) is 6.31. The number of anilines is 1. The molecule has 70 valence electrons. The summed E-state index contributed by atoms with van der Waals surface area (Å²) in [6.07, 6.45) is 4.15.